The fourth-order valence-corrected chi connectivity index (χ4v) is 3.08. The monoisotopic (exact) mass is 350 g/mol. The molecule has 0 bridgehead atoms. The third-order valence-electron chi connectivity index (χ3n) is 4.36. The lowest BCUT2D eigenvalue weighted by Crippen LogP contribution is -2.22. The van der Waals surface area contributed by atoms with Crippen molar-refractivity contribution < 1.29 is 14.3 Å². The maximum absolute atomic E-state index is 12.6. The number of hydrogen-bond acceptors (Lipinski definition) is 5. The number of anilines is 1. The number of fused-ring (bicyclic) bond motifs is 1. The summed E-state index contributed by atoms with van der Waals surface area (Å²) in [5.74, 6) is 1.04. The van der Waals surface area contributed by atoms with Crippen LogP contribution in [0.5, 0.6) is 11.6 Å². The highest BCUT2D eigenvalue weighted by molar-refractivity contribution is 6.10. The van der Waals surface area contributed by atoms with Crippen molar-refractivity contribution in [2.45, 2.75) is 13.5 Å². The number of rotatable bonds is 5. The molecule has 1 aliphatic heterocycles. The van der Waals surface area contributed by atoms with E-state index in [9.17, 15) is 4.79 Å². The number of carbonyl (C=O) groups is 1. The number of pyridine rings is 1. The highest BCUT2D eigenvalue weighted by atomic mass is 16.5. The second kappa shape index (κ2) is 6.51. The molecule has 7 nitrogen and oxygen atoms in total. The van der Waals surface area contributed by atoms with E-state index < -0.39 is 0 Å². The molecule has 1 aromatic carbocycles. The van der Waals surface area contributed by atoms with Crippen LogP contribution in [0.4, 0.5) is 5.69 Å². The molecule has 0 radical (unpaired) electrons. The molecule has 0 saturated heterocycles. The lowest BCUT2D eigenvalue weighted by atomic mass is 10.0. The Bertz CT molecular complexity index is 953. The van der Waals surface area contributed by atoms with Crippen LogP contribution in [0.15, 0.2) is 42.9 Å². The first-order chi connectivity index (χ1) is 12.7. The highest BCUT2D eigenvalue weighted by Gasteiger charge is 2.29. The van der Waals surface area contributed by atoms with Crippen molar-refractivity contribution in [1.82, 2.24) is 15.2 Å². The third-order valence-corrected chi connectivity index (χ3v) is 4.36. The molecule has 132 valence electrons. The molecule has 4 rings (SSSR count). The zero-order chi connectivity index (χ0) is 18.1. The minimum Gasteiger partial charge on any atom is -0.491 e. The van der Waals surface area contributed by atoms with Crippen molar-refractivity contribution in [3.8, 4) is 22.8 Å². The van der Waals surface area contributed by atoms with E-state index in [1.165, 1.54) is 0 Å². The Kier molecular flexibility index (Phi) is 4.04. The Morgan fingerprint density at radius 2 is 2.12 bits per heavy atom. The molecule has 0 unspecified atom stereocenters. The fraction of sp³-hybridized carbons (Fsp3) is 0.211. The van der Waals surface area contributed by atoms with E-state index >= 15 is 0 Å². The topological polar surface area (TPSA) is 80.3 Å². The lowest BCUT2D eigenvalue weighted by Gasteiger charge is -2.11. The van der Waals surface area contributed by atoms with E-state index in [-0.39, 0.29) is 5.91 Å². The van der Waals surface area contributed by atoms with Crippen molar-refractivity contribution in [3.63, 3.8) is 0 Å². The van der Waals surface area contributed by atoms with Crippen LogP contribution in [0.2, 0.25) is 0 Å². The van der Waals surface area contributed by atoms with Gasteiger partial charge in [-0.05, 0) is 36.2 Å². The van der Waals surface area contributed by atoms with Crippen molar-refractivity contribution in [2.75, 3.05) is 18.6 Å². The molecule has 7 heteroatoms. The van der Waals surface area contributed by atoms with E-state index in [4.69, 9.17) is 9.47 Å². The summed E-state index contributed by atoms with van der Waals surface area (Å²) in [7, 11) is 1.59. The Balaban J connectivity index is 1.67. The molecule has 3 heterocycles. The Morgan fingerprint density at radius 1 is 1.23 bits per heavy atom. The summed E-state index contributed by atoms with van der Waals surface area (Å²) >= 11 is 0. The molecule has 1 amide bonds. The van der Waals surface area contributed by atoms with Crippen molar-refractivity contribution in [3.05, 3.63) is 54.0 Å². The number of aromatic nitrogens is 3. The van der Waals surface area contributed by atoms with Gasteiger partial charge >= 0.3 is 0 Å². The second-order valence-corrected chi connectivity index (χ2v) is 5.88. The van der Waals surface area contributed by atoms with Gasteiger partial charge in [-0.15, -0.1) is 0 Å². The Labute approximate surface area is 150 Å². The van der Waals surface area contributed by atoms with Gasteiger partial charge in [0.1, 0.15) is 0 Å². The normalized spacial score (nSPS) is 13.0. The maximum atomic E-state index is 12.6. The van der Waals surface area contributed by atoms with Crippen LogP contribution in [0, 0.1) is 0 Å². The second-order valence-electron chi connectivity index (χ2n) is 5.88. The van der Waals surface area contributed by atoms with E-state index in [2.05, 4.69) is 15.2 Å². The first-order valence-corrected chi connectivity index (χ1v) is 8.32. The molecule has 0 fully saturated rings. The summed E-state index contributed by atoms with van der Waals surface area (Å²) in [6.07, 6.45) is 5.11. The van der Waals surface area contributed by atoms with E-state index in [0.29, 0.717) is 30.3 Å². The van der Waals surface area contributed by atoms with Gasteiger partial charge in [0.2, 0.25) is 0 Å². The quantitative estimate of drug-likeness (QED) is 0.765. The smallest absolute Gasteiger partial charge is 0.259 e. The van der Waals surface area contributed by atoms with Crippen LogP contribution >= 0.6 is 0 Å². The summed E-state index contributed by atoms with van der Waals surface area (Å²) in [5, 5.41) is 6.66. The summed E-state index contributed by atoms with van der Waals surface area (Å²) in [6.45, 7) is 2.94. The van der Waals surface area contributed by atoms with Crippen LogP contribution in [-0.4, -0.2) is 34.8 Å². The standard InChI is InChI=1S/C19H18N4O3/c1-3-26-18-17(25-2)7-13(8-20-18)12-4-5-16-14(6-12)11-23(19(16)24)15-9-21-22-10-15/h4-10H,3,11H2,1-2H3,(H,21,22). The molecule has 0 saturated carbocycles. The lowest BCUT2D eigenvalue weighted by molar-refractivity contribution is 0.0996. The number of methoxy groups -OCH3 is 1. The average molecular weight is 350 g/mol. The van der Waals surface area contributed by atoms with Gasteiger partial charge in [0.05, 0.1) is 32.1 Å². The summed E-state index contributed by atoms with van der Waals surface area (Å²) < 4.78 is 10.8. The predicted octanol–water partition coefficient (Wildman–Crippen LogP) is 3.04. The van der Waals surface area contributed by atoms with Gasteiger partial charge in [-0.3, -0.25) is 9.89 Å². The first kappa shape index (κ1) is 16.1. The number of nitrogens with zero attached hydrogens (tertiary/aromatic N) is 3. The molecule has 3 aromatic rings. The Hall–Kier alpha value is -3.35. The number of H-pyrrole nitrogens is 1. The number of carbonyl (C=O) groups excluding carboxylic acids is 1. The molecular weight excluding hydrogens is 332 g/mol. The number of ether oxygens (including phenoxy) is 2. The highest BCUT2D eigenvalue weighted by Crippen LogP contribution is 2.34. The zero-order valence-electron chi connectivity index (χ0n) is 14.5. The largest absolute Gasteiger partial charge is 0.491 e. The van der Waals surface area contributed by atoms with Crippen LogP contribution < -0.4 is 14.4 Å². The minimum atomic E-state index is -0.0182. The van der Waals surface area contributed by atoms with Crippen molar-refractivity contribution in [2.24, 2.45) is 0 Å². The van der Waals surface area contributed by atoms with Crippen LogP contribution in [0.1, 0.15) is 22.8 Å². The van der Waals surface area contributed by atoms with Gasteiger partial charge in [-0.2, -0.15) is 5.10 Å². The third kappa shape index (κ3) is 2.67. The maximum Gasteiger partial charge on any atom is 0.259 e. The number of amides is 1. The van der Waals surface area contributed by atoms with Gasteiger partial charge in [0, 0.05) is 23.5 Å². The number of nitrogens with one attached hydrogen (secondary N) is 1. The summed E-state index contributed by atoms with van der Waals surface area (Å²) in [5.41, 5.74) is 4.32. The number of aromatic amines is 1. The summed E-state index contributed by atoms with van der Waals surface area (Å²) in [6, 6.07) is 7.69. The molecule has 0 atom stereocenters. The van der Waals surface area contributed by atoms with Crippen molar-refractivity contribution >= 4 is 11.6 Å². The van der Waals surface area contributed by atoms with Gasteiger partial charge in [0.15, 0.2) is 5.75 Å². The van der Waals surface area contributed by atoms with E-state index in [1.54, 1.807) is 30.6 Å². The first-order valence-electron chi connectivity index (χ1n) is 8.32. The van der Waals surface area contributed by atoms with Gasteiger partial charge in [0.25, 0.3) is 11.8 Å². The SMILES string of the molecule is CCOc1ncc(-c2ccc3c(c2)CN(c2cn[nH]c2)C3=O)cc1OC. The molecule has 2 aromatic heterocycles. The van der Waals surface area contributed by atoms with E-state index in [1.807, 2.05) is 31.2 Å². The molecule has 0 spiro atoms. The van der Waals surface area contributed by atoms with E-state index in [0.717, 1.165) is 22.4 Å². The zero-order valence-corrected chi connectivity index (χ0v) is 14.5. The van der Waals surface area contributed by atoms with Crippen LogP contribution in [0.25, 0.3) is 11.1 Å². The molecule has 1 N–H and O–H groups in total. The van der Waals surface area contributed by atoms with Crippen LogP contribution in [-0.2, 0) is 6.54 Å². The minimum absolute atomic E-state index is 0.0182. The van der Waals surface area contributed by atoms with Crippen LogP contribution in [0.3, 0.4) is 0 Å². The molecule has 1 aliphatic rings. The van der Waals surface area contributed by atoms with Gasteiger partial charge in [-0.1, -0.05) is 6.07 Å². The predicted molar refractivity (Wildman–Crippen MR) is 96.5 cm³/mol. The molecular formula is C19H18N4O3. The fourth-order valence-electron chi connectivity index (χ4n) is 3.08. The molecule has 0 aliphatic carbocycles. The number of benzene rings is 1. The van der Waals surface area contributed by atoms with Gasteiger partial charge < -0.3 is 14.4 Å². The Morgan fingerprint density at radius 3 is 2.85 bits per heavy atom. The van der Waals surface area contributed by atoms with Gasteiger partial charge in [-0.25, -0.2) is 4.98 Å². The average Bonchev–Trinajstić information content (AvgIpc) is 3.30. The molecule has 26 heavy (non-hydrogen) atoms. The summed E-state index contributed by atoms with van der Waals surface area (Å²) in [4.78, 5) is 18.6. The number of hydrogen-bond donors (Lipinski definition) is 1. The van der Waals surface area contributed by atoms with Crippen molar-refractivity contribution in [1.29, 1.82) is 0 Å².